The van der Waals surface area contributed by atoms with Crippen molar-refractivity contribution in [1.82, 2.24) is 15.5 Å². The van der Waals surface area contributed by atoms with Crippen molar-refractivity contribution < 1.29 is 14.3 Å². The van der Waals surface area contributed by atoms with E-state index in [1.165, 1.54) is 5.56 Å². The zero-order valence-electron chi connectivity index (χ0n) is 13.9. The second-order valence-electron chi connectivity index (χ2n) is 5.40. The van der Waals surface area contributed by atoms with E-state index in [1.807, 2.05) is 18.2 Å². The Hall–Kier alpha value is -2.44. The molecule has 1 heterocycles. The first kappa shape index (κ1) is 16.9. The van der Waals surface area contributed by atoms with E-state index in [1.54, 1.807) is 26.0 Å². The number of nitrogens with one attached hydrogen (secondary N) is 2. The summed E-state index contributed by atoms with van der Waals surface area (Å²) in [6.45, 7) is 1.58. The van der Waals surface area contributed by atoms with E-state index in [2.05, 4.69) is 15.6 Å². The van der Waals surface area contributed by atoms with Gasteiger partial charge in [0.1, 0.15) is 0 Å². The number of rotatable bonds is 6. The number of ether oxygens (including phenoxy) is 2. The van der Waals surface area contributed by atoms with Gasteiger partial charge in [-0.2, -0.15) is 0 Å². The molecule has 0 saturated carbocycles. The fourth-order valence-electron chi connectivity index (χ4n) is 2.15. The number of hydrogen-bond acceptors (Lipinski definition) is 4. The van der Waals surface area contributed by atoms with Gasteiger partial charge in [0.2, 0.25) is 12.7 Å². The molecule has 0 spiro atoms. The SMILES string of the molecule is CN=C(NCCC(=O)N(C)C)NCCc1ccc2c(c1)OCO2. The van der Waals surface area contributed by atoms with Gasteiger partial charge in [0, 0.05) is 40.7 Å². The third-order valence-corrected chi connectivity index (χ3v) is 3.50. The summed E-state index contributed by atoms with van der Waals surface area (Å²) >= 11 is 0. The van der Waals surface area contributed by atoms with Crippen molar-refractivity contribution in [2.45, 2.75) is 12.8 Å². The summed E-state index contributed by atoms with van der Waals surface area (Å²) in [6, 6.07) is 5.95. The van der Waals surface area contributed by atoms with Crippen LogP contribution < -0.4 is 20.1 Å². The van der Waals surface area contributed by atoms with Gasteiger partial charge in [0.25, 0.3) is 0 Å². The molecule has 0 aliphatic carbocycles. The van der Waals surface area contributed by atoms with Gasteiger partial charge in [-0.25, -0.2) is 0 Å². The molecule has 1 aliphatic heterocycles. The highest BCUT2D eigenvalue weighted by atomic mass is 16.7. The molecule has 0 bridgehead atoms. The van der Waals surface area contributed by atoms with E-state index in [0.29, 0.717) is 25.7 Å². The molecule has 0 radical (unpaired) electrons. The third kappa shape index (κ3) is 5.05. The zero-order valence-corrected chi connectivity index (χ0v) is 13.9. The summed E-state index contributed by atoms with van der Waals surface area (Å²) in [7, 11) is 5.21. The minimum atomic E-state index is 0.0910. The maximum atomic E-state index is 11.5. The molecule has 0 atom stereocenters. The number of benzene rings is 1. The highest BCUT2D eigenvalue weighted by Gasteiger charge is 2.13. The number of aliphatic imine (C=N–C) groups is 1. The highest BCUT2D eigenvalue weighted by Crippen LogP contribution is 2.32. The van der Waals surface area contributed by atoms with Crippen molar-refractivity contribution in [2.24, 2.45) is 4.99 Å². The molecule has 0 saturated heterocycles. The topological polar surface area (TPSA) is 75.2 Å². The van der Waals surface area contributed by atoms with E-state index in [4.69, 9.17) is 9.47 Å². The normalized spacial score (nSPS) is 12.9. The minimum Gasteiger partial charge on any atom is -0.454 e. The van der Waals surface area contributed by atoms with E-state index in [0.717, 1.165) is 24.5 Å². The summed E-state index contributed by atoms with van der Waals surface area (Å²) in [5, 5.41) is 6.36. The molecule has 1 aliphatic rings. The maximum Gasteiger partial charge on any atom is 0.231 e. The van der Waals surface area contributed by atoms with Crippen LogP contribution in [0.1, 0.15) is 12.0 Å². The molecule has 126 valence electrons. The molecule has 0 fully saturated rings. The molecule has 2 rings (SSSR count). The van der Waals surface area contributed by atoms with Gasteiger partial charge in [-0.05, 0) is 24.1 Å². The Labute approximate surface area is 136 Å². The number of carbonyl (C=O) groups excluding carboxylic acids is 1. The first-order valence-electron chi connectivity index (χ1n) is 7.63. The van der Waals surface area contributed by atoms with Crippen LogP contribution in [0.25, 0.3) is 0 Å². The Morgan fingerprint density at radius 1 is 1.22 bits per heavy atom. The number of fused-ring (bicyclic) bond motifs is 1. The van der Waals surface area contributed by atoms with Crippen LogP contribution in [0, 0.1) is 0 Å². The van der Waals surface area contributed by atoms with Crippen molar-refractivity contribution >= 4 is 11.9 Å². The molecule has 1 aromatic carbocycles. The molecule has 23 heavy (non-hydrogen) atoms. The number of nitrogens with zero attached hydrogens (tertiary/aromatic N) is 2. The smallest absolute Gasteiger partial charge is 0.231 e. The van der Waals surface area contributed by atoms with Gasteiger partial charge >= 0.3 is 0 Å². The van der Waals surface area contributed by atoms with Gasteiger partial charge in [-0.3, -0.25) is 9.79 Å². The number of hydrogen-bond donors (Lipinski definition) is 2. The molecule has 1 amide bonds. The molecule has 2 N–H and O–H groups in total. The molecule has 1 aromatic rings. The second-order valence-corrected chi connectivity index (χ2v) is 5.40. The van der Waals surface area contributed by atoms with Crippen molar-refractivity contribution in [3.63, 3.8) is 0 Å². The molecular formula is C16H24N4O3. The number of guanidine groups is 1. The van der Waals surface area contributed by atoms with Crippen molar-refractivity contribution in [1.29, 1.82) is 0 Å². The van der Waals surface area contributed by atoms with Crippen LogP contribution in [-0.2, 0) is 11.2 Å². The second kappa shape index (κ2) is 8.26. The van der Waals surface area contributed by atoms with Crippen LogP contribution in [0.2, 0.25) is 0 Å². The number of carbonyl (C=O) groups is 1. The first-order valence-corrected chi connectivity index (χ1v) is 7.63. The lowest BCUT2D eigenvalue weighted by molar-refractivity contribution is -0.128. The Kier molecular flexibility index (Phi) is 6.08. The van der Waals surface area contributed by atoms with Gasteiger partial charge in [0.15, 0.2) is 17.5 Å². The van der Waals surface area contributed by atoms with E-state index < -0.39 is 0 Å². The first-order chi connectivity index (χ1) is 11.1. The van der Waals surface area contributed by atoms with Gasteiger partial charge in [-0.15, -0.1) is 0 Å². The van der Waals surface area contributed by atoms with Gasteiger partial charge in [0.05, 0.1) is 0 Å². The Morgan fingerprint density at radius 2 is 1.96 bits per heavy atom. The van der Waals surface area contributed by atoms with Crippen LogP contribution in [0.3, 0.4) is 0 Å². The fourth-order valence-corrected chi connectivity index (χ4v) is 2.15. The predicted molar refractivity (Wildman–Crippen MR) is 88.9 cm³/mol. The van der Waals surface area contributed by atoms with E-state index in [-0.39, 0.29) is 5.91 Å². The molecule has 7 heteroatoms. The minimum absolute atomic E-state index is 0.0910. The molecule has 0 unspecified atom stereocenters. The quantitative estimate of drug-likeness (QED) is 0.593. The maximum absolute atomic E-state index is 11.5. The van der Waals surface area contributed by atoms with Crippen LogP contribution >= 0.6 is 0 Å². The van der Waals surface area contributed by atoms with Gasteiger partial charge in [-0.1, -0.05) is 6.07 Å². The monoisotopic (exact) mass is 320 g/mol. The van der Waals surface area contributed by atoms with Gasteiger partial charge < -0.3 is 25.0 Å². The lowest BCUT2D eigenvalue weighted by Crippen LogP contribution is -2.40. The average molecular weight is 320 g/mol. The van der Waals surface area contributed by atoms with E-state index in [9.17, 15) is 4.79 Å². The largest absolute Gasteiger partial charge is 0.454 e. The fraction of sp³-hybridized carbons (Fsp3) is 0.500. The Morgan fingerprint density at radius 3 is 2.70 bits per heavy atom. The van der Waals surface area contributed by atoms with Crippen LogP contribution in [-0.4, -0.2) is 57.8 Å². The van der Waals surface area contributed by atoms with Crippen LogP contribution in [0.4, 0.5) is 0 Å². The Bertz CT molecular complexity index is 572. The highest BCUT2D eigenvalue weighted by molar-refractivity contribution is 5.81. The summed E-state index contributed by atoms with van der Waals surface area (Å²) in [4.78, 5) is 17.2. The summed E-state index contributed by atoms with van der Waals surface area (Å²) in [6.07, 6.45) is 1.28. The molecule has 0 aromatic heterocycles. The summed E-state index contributed by atoms with van der Waals surface area (Å²) in [5.74, 6) is 2.38. The van der Waals surface area contributed by atoms with E-state index >= 15 is 0 Å². The lowest BCUT2D eigenvalue weighted by atomic mass is 10.1. The van der Waals surface area contributed by atoms with Crippen molar-refractivity contribution in [3.05, 3.63) is 23.8 Å². The molecule has 7 nitrogen and oxygen atoms in total. The van der Waals surface area contributed by atoms with Crippen LogP contribution in [0.15, 0.2) is 23.2 Å². The summed E-state index contributed by atoms with van der Waals surface area (Å²) < 4.78 is 10.7. The zero-order chi connectivity index (χ0) is 16.7. The standard InChI is InChI=1S/C16H24N4O3/c1-17-16(19-9-7-15(21)20(2)3)18-8-6-12-4-5-13-14(10-12)23-11-22-13/h4-5,10H,6-9,11H2,1-3H3,(H2,17,18,19). The third-order valence-electron chi connectivity index (χ3n) is 3.50. The Balaban J connectivity index is 1.70. The average Bonchev–Trinajstić information content (AvgIpc) is 3.00. The van der Waals surface area contributed by atoms with Crippen LogP contribution in [0.5, 0.6) is 11.5 Å². The number of amides is 1. The lowest BCUT2D eigenvalue weighted by Gasteiger charge is -2.13. The predicted octanol–water partition coefficient (Wildman–Crippen LogP) is 0.601. The van der Waals surface area contributed by atoms with Crippen molar-refractivity contribution in [3.8, 4) is 11.5 Å². The molecular weight excluding hydrogens is 296 g/mol. The van der Waals surface area contributed by atoms with Crippen molar-refractivity contribution in [2.75, 3.05) is 41.0 Å². The summed E-state index contributed by atoms with van der Waals surface area (Å²) in [5.41, 5.74) is 1.17.